The Morgan fingerprint density at radius 3 is 2.36 bits per heavy atom. The van der Waals surface area contributed by atoms with Crippen molar-refractivity contribution in [2.45, 2.75) is 17.9 Å². The van der Waals surface area contributed by atoms with E-state index in [1.807, 2.05) is 6.92 Å². The molecule has 1 aliphatic heterocycles. The summed E-state index contributed by atoms with van der Waals surface area (Å²) >= 11 is 0. The van der Waals surface area contributed by atoms with Gasteiger partial charge in [-0.2, -0.15) is 4.31 Å². The molecular formula is C14H21N3O4S. The van der Waals surface area contributed by atoms with Crippen molar-refractivity contribution in [1.82, 2.24) is 14.1 Å². The van der Waals surface area contributed by atoms with Gasteiger partial charge in [-0.05, 0) is 31.2 Å². The maximum atomic E-state index is 12.7. The molecule has 0 spiro atoms. The summed E-state index contributed by atoms with van der Waals surface area (Å²) in [5, 5.41) is 0. The maximum absolute atomic E-state index is 12.7. The van der Waals surface area contributed by atoms with Gasteiger partial charge in [0.2, 0.25) is 10.0 Å². The Kier molecular flexibility index (Phi) is 4.62. The molecule has 1 aromatic rings. The number of amides is 2. The predicted molar refractivity (Wildman–Crippen MR) is 82.1 cm³/mol. The topological polar surface area (TPSA) is 70.2 Å². The molecule has 0 N–H and O–H groups in total. The number of carbonyl (C=O) groups excluding carboxylic acids is 1. The summed E-state index contributed by atoms with van der Waals surface area (Å²) in [5.41, 5.74) is 0. The van der Waals surface area contributed by atoms with Crippen LogP contribution < -0.4 is 4.74 Å². The molecule has 1 saturated heterocycles. The first-order chi connectivity index (χ1) is 10.3. The highest BCUT2D eigenvalue weighted by Gasteiger charge is 2.38. The van der Waals surface area contributed by atoms with Gasteiger partial charge in [-0.1, -0.05) is 0 Å². The zero-order valence-electron chi connectivity index (χ0n) is 13.2. The van der Waals surface area contributed by atoms with E-state index in [9.17, 15) is 13.2 Å². The van der Waals surface area contributed by atoms with E-state index in [4.69, 9.17) is 4.74 Å². The normalized spacial score (nSPS) is 19.3. The van der Waals surface area contributed by atoms with Crippen LogP contribution in [0.1, 0.15) is 6.92 Å². The fraction of sp³-hybridized carbons (Fsp3) is 0.500. The van der Waals surface area contributed by atoms with Gasteiger partial charge < -0.3 is 14.5 Å². The van der Waals surface area contributed by atoms with E-state index in [-0.39, 0.29) is 30.2 Å². The van der Waals surface area contributed by atoms with Gasteiger partial charge >= 0.3 is 6.03 Å². The number of methoxy groups -OCH3 is 1. The lowest BCUT2D eigenvalue weighted by molar-refractivity contribution is 0.167. The molecule has 1 fully saturated rings. The quantitative estimate of drug-likeness (QED) is 0.831. The van der Waals surface area contributed by atoms with Crippen LogP contribution in [0.25, 0.3) is 0 Å². The summed E-state index contributed by atoms with van der Waals surface area (Å²) < 4.78 is 31.7. The molecule has 1 aromatic carbocycles. The van der Waals surface area contributed by atoms with Gasteiger partial charge in [-0.25, -0.2) is 13.2 Å². The highest BCUT2D eigenvalue weighted by molar-refractivity contribution is 7.89. The smallest absolute Gasteiger partial charge is 0.320 e. The number of nitrogens with zero attached hydrogens (tertiary/aromatic N) is 3. The lowest BCUT2D eigenvalue weighted by Gasteiger charge is -2.24. The van der Waals surface area contributed by atoms with E-state index in [0.29, 0.717) is 5.75 Å². The number of rotatable bonds is 3. The van der Waals surface area contributed by atoms with Gasteiger partial charge in [0.25, 0.3) is 0 Å². The van der Waals surface area contributed by atoms with Crippen LogP contribution in [-0.4, -0.2) is 69.0 Å². The van der Waals surface area contributed by atoms with Crippen LogP contribution in [0.5, 0.6) is 5.75 Å². The summed E-state index contributed by atoms with van der Waals surface area (Å²) in [5.74, 6) is 0.596. The molecule has 0 aliphatic carbocycles. The van der Waals surface area contributed by atoms with Crippen molar-refractivity contribution in [2.24, 2.45) is 0 Å². The fourth-order valence-corrected chi connectivity index (χ4v) is 3.80. The number of ether oxygens (including phenoxy) is 1. The summed E-state index contributed by atoms with van der Waals surface area (Å²) in [4.78, 5) is 15.2. The Hall–Kier alpha value is -1.80. The van der Waals surface area contributed by atoms with E-state index in [0.717, 1.165) is 0 Å². The molecule has 1 aliphatic rings. The molecule has 1 heterocycles. The summed E-state index contributed by atoms with van der Waals surface area (Å²) in [7, 11) is 1.20. The van der Waals surface area contributed by atoms with Gasteiger partial charge in [-0.3, -0.25) is 0 Å². The monoisotopic (exact) mass is 327 g/mol. The molecule has 0 aromatic heterocycles. The number of hydrogen-bond donors (Lipinski definition) is 0. The molecule has 1 atom stereocenters. The fourth-order valence-electron chi connectivity index (χ4n) is 2.34. The third-order valence-corrected chi connectivity index (χ3v) is 5.45. The minimum atomic E-state index is -3.62. The molecule has 0 radical (unpaired) electrons. The van der Waals surface area contributed by atoms with E-state index < -0.39 is 10.0 Å². The number of urea groups is 1. The standard InChI is InChI=1S/C14H21N3O4S/c1-11-9-16(10-17(11)14(18)15(2)3)22(19,20)13-7-5-12(21-4)6-8-13/h5-8,11H,9-10H2,1-4H3. The van der Waals surface area contributed by atoms with Crippen LogP contribution in [0, 0.1) is 0 Å². The van der Waals surface area contributed by atoms with E-state index in [1.165, 1.54) is 28.4 Å². The number of carbonyl (C=O) groups is 1. The minimum absolute atomic E-state index is 0.0620. The van der Waals surface area contributed by atoms with E-state index in [1.54, 1.807) is 31.1 Å². The largest absolute Gasteiger partial charge is 0.497 e. The molecule has 22 heavy (non-hydrogen) atoms. The van der Waals surface area contributed by atoms with Gasteiger partial charge in [0, 0.05) is 26.7 Å². The molecule has 7 nitrogen and oxygen atoms in total. The van der Waals surface area contributed by atoms with Crippen LogP contribution in [0.4, 0.5) is 4.79 Å². The molecule has 0 saturated carbocycles. The van der Waals surface area contributed by atoms with E-state index >= 15 is 0 Å². The lowest BCUT2D eigenvalue weighted by Crippen LogP contribution is -2.42. The summed E-state index contributed by atoms with van der Waals surface area (Å²) in [6, 6.07) is 5.87. The van der Waals surface area contributed by atoms with Gasteiger partial charge in [-0.15, -0.1) is 0 Å². The Balaban J connectivity index is 2.22. The second-order valence-corrected chi connectivity index (χ2v) is 7.39. The Morgan fingerprint density at radius 1 is 1.27 bits per heavy atom. The molecule has 2 rings (SSSR count). The molecular weight excluding hydrogens is 306 g/mol. The van der Waals surface area contributed by atoms with Crippen molar-refractivity contribution in [3.63, 3.8) is 0 Å². The lowest BCUT2D eigenvalue weighted by atomic mass is 10.3. The van der Waals surface area contributed by atoms with Crippen LogP contribution in [-0.2, 0) is 10.0 Å². The second kappa shape index (κ2) is 6.13. The summed E-state index contributed by atoms with van der Waals surface area (Å²) in [6.45, 7) is 2.19. The highest BCUT2D eigenvalue weighted by Crippen LogP contribution is 2.24. The maximum Gasteiger partial charge on any atom is 0.320 e. The van der Waals surface area contributed by atoms with Crippen molar-refractivity contribution < 1.29 is 17.9 Å². The number of hydrogen-bond acceptors (Lipinski definition) is 4. The zero-order chi connectivity index (χ0) is 16.5. The Labute approximate surface area is 131 Å². The second-order valence-electron chi connectivity index (χ2n) is 5.45. The van der Waals surface area contributed by atoms with Crippen molar-refractivity contribution in [3.05, 3.63) is 24.3 Å². The summed E-state index contributed by atoms with van der Waals surface area (Å²) in [6.07, 6.45) is 0. The van der Waals surface area contributed by atoms with Crippen molar-refractivity contribution in [1.29, 1.82) is 0 Å². The molecule has 8 heteroatoms. The first-order valence-corrected chi connectivity index (χ1v) is 8.33. The van der Waals surface area contributed by atoms with Crippen LogP contribution in [0.2, 0.25) is 0 Å². The average Bonchev–Trinajstić information content (AvgIpc) is 2.89. The van der Waals surface area contributed by atoms with Crippen LogP contribution >= 0.6 is 0 Å². The third-order valence-electron chi connectivity index (χ3n) is 3.64. The van der Waals surface area contributed by atoms with Gasteiger partial charge in [0.15, 0.2) is 0 Å². The highest BCUT2D eigenvalue weighted by atomic mass is 32.2. The molecule has 2 amide bonds. The molecule has 1 unspecified atom stereocenters. The number of sulfonamides is 1. The Bertz CT molecular complexity index is 643. The van der Waals surface area contributed by atoms with Gasteiger partial charge in [0.05, 0.1) is 18.7 Å². The van der Waals surface area contributed by atoms with Crippen LogP contribution in [0.3, 0.4) is 0 Å². The van der Waals surface area contributed by atoms with Crippen LogP contribution in [0.15, 0.2) is 29.2 Å². The Morgan fingerprint density at radius 2 is 1.86 bits per heavy atom. The van der Waals surface area contributed by atoms with Crippen molar-refractivity contribution in [3.8, 4) is 5.75 Å². The molecule has 122 valence electrons. The zero-order valence-corrected chi connectivity index (χ0v) is 14.0. The van der Waals surface area contributed by atoms with E-state index in [2.05, 4.69) is 0 Å². The predicted octanol–water partition coefficient (Wildman–Crippen LogP) is 1.03. The minimum Gasteiger partial charge on any atom is -0.497 e. The number of benzene rings is 1. The first-order valence-electron chi connectivity index (χ1n) is 6.89. The average molecular weight is 327 g/mol. The van der Waals surface area contributed by atoms with Crippen molar-refractivity contribution in [2.75, 3.05) is 34.4 Å². The molecule has 0 bridgehead atoms. The van der Waals surface area contributed by atoms with Crippen molar-refractivity contribution >= 4 is 16.1 Å². The third kappa shape index (κ3) is 3.02. The van der Waals surface area contributed by atoms with Gasteiger partial charge in [0.1, 0.15) is 5.75 Å². The SMILES string of the molecule is COc1ccc(S(=O)(=O)N2CC(C)N(C(=O)N(C)C)C2)cc1. The first kappa shape index (κ1) is 16.6.